The highest BCUT2D eigenvalue weighted by molar-refractivity contribution is 5.68. The molecule has 11 heteroatoms. The zero-order chi connectivity index (χ0) is 26.1. The maximum atomic E-state index is 12.2. The number of nitrogens with zero attached hydrogens (tertiary/aromatic N) is 6. The molecule has 36 heavy (non-hydrogen) atoms. The normalized spacial score (nSPS) is 27.0. The zero-order valence-electron chi connectivity index (χ0n) is 22.1. The minimum absolute atomic E-state index is 0.103. The Labute approximate surface area is 213 Å². The molecule has 2 fully saturated rings. The number of aromatic nitrogens is 2. The molecule has 2 N–H and O–H groups in total. The molecule has 0 aliphatic carbocycles. The largest absolute Gasteiger partial charge is 0.465 e. The van der Waals surface area contributed by atoms with E-state index in [4.69, 9.17) is 19.4 Å². The number of rotatable bonds is 6. The summed E-state index contributed by atoms with van der Waals surface area (Å²) in [4.78, 5) is 27.7. The van der Waals surface area contributed by atoms with Gasteiger partial charge in [-0.25, -0.2) is 4.79 Å². The number of hydrogen-bond acceptors (Lipinski definition) is 9. The van der Waals surface area contributed by atoms with Crippen molar-refractivity contribution in [1.82, 2.24) is 25.1 Å². The Bertz CT molecular complexity index is 1010. The van der Waals surface area contributed by atoms with Crippen molar-refractivity contribution in [3.8, 4) is 12.1 Å². The number of piperazine rings is 1. The first-order chi connectivity index (χ1) is 17.1. The van der Waals surface area contributed by atoms with E-state index in [2.05, 4.69) is 28.2 Å². The summed E-state index contributed by atoms with van der Waals surface area (Å²) in [5.41, 5.74) is 0.651. The smallest absolute Gasteiger partial charge is 0.407 e. The van der Waals surface area contributed by atoms with Crippen LogP contribution >= 0.6 is 0 Å². The molecule has 4 heterocycles. The third kappa shape index (κ3) is 4.94. The van der Waals surface area contributed by atoms with E-state index < -0.39 is 17.0 Å². The van der Waals surface area contributed by atoms with Crippen molar-refractivity contribution in [1.29, 1.82) is 5.26 Å². The SMILES string of the molecule is CO[C@@H]1C[C@@H](COc2nc3c(c(N4CCN(C(=O)O)[C@@](CC#N)(C(C)(C)C)C4)n2)CCNC3)N(C)C1. The van der Waals surface area contributed by atoms with Crippen molar-refractivity contribution in [2.75, 3.05) is 58.4 Å². The molecule has 11 nitrogen and oxygen atoms in total. The molecule has 0 aromatic carbocycles. The average molecular weight is 502 g/mol. The van der Waals surface area contributed by atoms with E-state index >= 15 is 0 Å². The molecule has 3 aliphatic heterocycles. The summed E-state index contributed by atoms with van der Waals surface area (Å²) < 4.78 is 11.7. The van der Waals surface area contributed by atoms with E-state index in [0.29, 0.717) is 38.8 Å². The van der Waals surface area contributed by atoms with Gasteiger partial charge in [-0.1, -0.05) is 20.8 Å². The quantitative estimate of drug-likeness (QED) is 0.595. The molecular formula is C25H39N7O4. The van der Waals surface area contributed by atoms with Crippen molar-refractivity contribution in [2.45, 2.75) is 64.3 Å². The maximum Gasteiger partial charge on any atom is 0.407 e. The second-order valence-electron chi connectivity index (χ2n) is 11.2. The highest BCUT2D eigenvalue weighted by atomic mass is 16.5. The third-order valence-corrected chi connectivity index (χ3v) is 8.14. The summed E-state index contributed by atoms with van der Waals surface area (Å²) in [5.74, 6) is 0.794. The maximum absolute atomic E-state index is 12.2. The minimum atomic E-state index is -0.993. The van der Waals surface area contributed by atoms with Crippen molar-refractivity contribution in [2.24, 2.45) is 5.41 Å². The molecule has 3 aliphatic rings. The van der Waals surface area contributed by atoms with Crippen molar-refractivity contribution >= 4 is 11.9 Å². The van der Waals surface area contributed by atoms with E-state index in [-0.39, 0.29) is 18.6 Å². The summed E-state index contributed by atoms with van der Waals surface area (Å²) >= 11 is 0. The summed E-state index contributed by atoms with van der Waals surface area (Å²) in [6.45, 7) is 9.98. The summed E-state index contributed by atoms with van der Waals surface area (Å²) in [5, 5.41) is 23.1. The van der Waals surface area contributed by atoms with Gasteiger partial charge in [0.05, 0.1) is 29.8 Å². The van der Waals surface area contributed by atoms with Crippen LogP contribution in [0.3, 0.4) is 0 Å². The number of likely N-dealkylation sites (N-methyl/N-ethyl adjacent to an activating group) is 1. The van der Waals surface area contributed by atoms with Gasteiger partial charge in [-0.2, -0.15) is 15.2 Å². The molecule has 0 saturated carbocycles. The number of amides is 1. The lowest BCUT2D eigenvalue weighted by Crippen LogP contribution is -2.69. The fourth-order valence-electron chi connectivity index (χ4n) is 5.77. The minimum Gasteiger partial charge on any atom is -0.465 e. The average Bonchev–Trinajstić information content (AvgIpc) is 3.21. The third-order valence-electron chi connectivity index (χ3n) is 8.14. The number of carboxylic acid groups (broad SMARTS) is 1. The molecule has 4 rings (SSSR count). The second kappa shape index (κ2) is 10.4. The first-order valence-corrected chi connectivity index (χ1v) is 12.7. The lowest BCUT2D eigenvalue weighted by atomic mass is 9.69. The summed E-state index contributed by atoms with van der Waals surface area (Å²) in [6.07, 6.45) is 0.987. The molecule has 0 bridgehead atoms. The van der Waals surface area contributed by atoms with Gasteiger partial charge in [0.1, 0.15) is 12.4 Å². The van der Waals surface area contributed by atoms with E-state index in [9.17, 15) is 15.2 Å². The Morgan fingerprint density at radius 3 is 2.75 bits per heavy atom. The molecule has 1 aromatic heterocycles. The number of likely N-dealkylation sites (tertiary alicyclic amines) is 1. The number of ether oxygens (including phenoxy) is 2. The van der Waals surface area contributed by atoms with Gasteiger partial charge in [0.25, 0.3) is 0 Å². The number of anilines is 1. The molecule has 0 spiro atoms. The van der Waals surface area contributed by atoms with Gasteiger partial charge in [-0.05, 0) is 31.8 Å². The van der Waals surface area contributed by atoms with Crippen LogP contribution in [-0.4, -0.2) is 102 Å². The number of hydrogen-bond donors (Lipinski definition) is 2. The van der Waals surface area contributed by atoms with Crippen LogP contribution in [0.25, 0.3) is 0 Å². The lowest BCUT2D eigenvalue weighted by Gasteiger charge is -2.55. The van der Waals surface area contributed by atoms with Crippen LogP contribution in [-0.2, 0) is 17.7 Å². The molecule has 3 atom stereocenters. The van der Waals surface area contributed by atoms with E-state index in [1.165, 1.54) is 4.90 Å². The Morgan fingerprint density at radius 1 is 1.33 bits per heavy atom. The number of fused-ring (bicyclic) bond motifs is 1. The van der Waals surface area contributed by atoms with Crippen LogP contribution < -0.4 is 15.0 Å². The number of carbonyl (C=O) groups is 1. The van der Waals surface area contributed by atoms with Crippen molar-refractivity contribution in [3.63, 3.8) is 0 Å². The van der Waals surface area contributed by atoms with Gasteiger partial charge in [-0.15, -0.1) is 0 Å². The van der Waals surface area contributed by atoms with Crippen LogP contribution in [0.4, 0.5) is 10.6 Å². The van der Waals surface area contributed by atoms with Crippen LogP contribution in [0.1, 0.15) is 44.9 Å². The van der Waals surface area contributed by atoms with Gasteiger partial charge in [-0.3, -0.25) is 9.80 Å². The van der Waals surface area contributed by atoms with Crippen molar-refractivity contribution < 1.29 is 19.4 Å². The van der Waals surface area contributed by atoms with Gasteiger partial charge < -0.3 is 24.8 Å². The Hall–Kier alpha value is -2.68. The molecule has 0 radical (unpaired) electrons. The Morgan fingerprint density at radius 2 is 2.11 bits per heavy atom. The van der Waals surface area contributed by atoms with Gasteiger partial charge in [0.2, 0.25) is 0 Å². The Balaban J connectivity index is 1.65. The number of nitrogens with one attached hydrogen (secondary N) is 1. The van der Waals surface area contributed by atoms with Crippen molar-refractivity contribution in [3.05, 3.63) is 11.3 Å². The predicted octanol–water partition coefficient (Wildman–Crippen LogP) is 1.72. The second-order valence-corrected chi connectivity index (χ2v) is 11.2. The predicted molar refractivity (Wildman–Crippen MR) is 134 cm³/mol. The van der Waals surface area contributed by atoms with Gasteiger partial charge in [0.15, 0.2) is 0 Å². The first kappa shape index (κ1) is 26.4. The summed E-state index contributed by atoms with van der Waals surface area (Å²) in [7, 11) is 3.81. The van der Waals surface area contributed by atoms with Crippen LogP contribution in [0.2, 0.25) is 0 Å². The molecule has 0 unspecified atom stereocenters. The Kier molecular flexibility index (Phi) is 7.59. The topological polar surface area (TPSA) is 127 Å². The zero-order valence-corrected chi connectivity index (χ0v) is 22.1. The lowest BCUT2D eigenvalue weighted by molar-refractivity contribution is -0.00290. The van der Waals surface area contributed by atoms with E-state index in [1.807, 2.05) is 20.8 Å². The first-order valence-electron chi connectivity index (χ1n) is 12.7. The fourth-order valence-corrected chi connectivity index (χ4v) is 5.77. The van der Waals surface area contributed by atoms with Crippen LogP contribution in [0.15, 0.2) is 0 Å². The van der Waals surface area contributed by atoms with Gasteiger partial charge in [0, 0.05) is 51.4 Å². The van der Waals surface area contributed by atoms with Crippen LogP contribution in [0, 0.1) is 16.7 Å². The molecule has 2 saturated heterocycles. The molecule has 1 aromatic rings. The monoisotopic (exact) mass is 501 g/mol. The molecule has 198 valence electrons. The highest BCUT2D eigenvalue weighted by Gasteiger charge is 2.52. The summed E-state index contributed by atoms with van der Waals surface area (Å²) in [6, 6.07) is 2.82. The number of methoxy groups -OCH3 is 1. The standard InChI is InChI=1S/C25H39N7O4/c1-24(2,3)25(7-8-26)16-31(10-11-32(25)23(33)34)21-19-6-9-27-13-20(19)28-22(29-21)36-15-17-12-18(35-5)14-30(17)4/h17-18,27H,6-7,9-16H2,1-5H3,(H,33,34)/t17-,18+,25+/m0/s1. The fraction of sp³-hybridized carbons (Fsp3) is 0.760. The van der Waals surface area contributed by atoms with E-state index in [0.717, 1.165) is 43.0 Å². The highest BCUT2D eigenvalue weighted by Crippen LogP contribution is 2.43. The van der Waals surface area contributed by atoms with E-state index in [1.54, 1.807) is 7.11 Å². The number of nitriles is 1. The molecular weight excluding hydrogens is 462 g/mol. The molecule has 1 amide bonds. The van der Waals surface area contributed by atoms with Gasteiger partial charge >= 0.3 is 12.1 Å². The van der Waals surface area contributed by atoms with Crippen LogP contribution in [0.5, 0.6) is 6.01 Å².